The summed E-state index contributed by atoms with van der Waals surface area (Å²) in [6.07, 6.45) is 2.34. The summed E-state index contributed by atoms with van der Waals surface area (Å²) in [5, 5.41) is 6.95. The molecule has 1 unspecified atom stereocenters. The molecule has 0 aromatic carbocycles. The number of piperidine rings is 1. The predicted octanol–water partition coefficient (Wildman–Crippen LogP) is 1.90. The van der Waals surface area contributed by atoms with Crippen molar-refractivity contribution in [1.29, 1.82) is 0 Å². The third-order valence-corrected chi connectivity index (χ3v) is 3.29. The van der Waals surface area contributed by atoms with Gasteiger partial charge in [-0.25, -0.2) is 0 Å². The van der Waals surface area contributed by atoms with Gasteiger partial charge in [-0.3, -0.25) is 9.89 Å². The number of hydrogen-bond donors (Lipinski definition) is 1. The number of carbonyl (C=O) groups is 1. The van der Waals surface area contributed by atoms with Crippen LogP contribution < -0.4 is 0 Å². The molecule has 4 heteroatoms. The van der Waals surface area contributed by atoms with Gasteiger partial charge in [-0.15, -0.1) is 0 Å². The highest BCUT2D eigenvalue weighted by Gasteiger charge is 2.25. The molecule has 1 aromatic rings. The van der Waals surface area contributed by atoms with E-state index in [0.29, 0.717) is 5.92 Å². The number of likely N-dealkylation sites (tertiary alicyclic amines) is 1. The van der Waals surface area contributed by atoms with Gasteiger partial charge < -0.3 is 4.90 Å². The van der Waals surface area contributed by atoms with Crippen LogP contribution in [0.3, 0.4) is 0 Å². The maximum Gasteiger partial charge on any atom is 0.257 e. The van der Waals surface area contributed by atoms with Crippen molar-refractivity contribution < 1.29 is 4.79 Å². The number of nitrogens with one attached hydrogen (secondary N) is 1. The lowest BCUT2D eigenvalue weighted by atomic mass is 9.99. The summed E-state index contributed by atoms with van der Waals surface area (Å²) in [7, 11) is 0. The first-order chi connectivity index (χ1) is 7.59. The molecule has 2 rings (SSSR count). The van der Waals surface area contributed by atoms with E-state index in [4.69, 9.17) is 0 Å². The van der Waals surface area contributed by atoms with Gasteiger partial charge in [0.15, 0.2) is 0 Å². The fourth-order valence-corrected chi connectivity index (χ4v) is 2.40. The molecule has 2 heterocycles. The van der Waals surface area contributed by atoms with Crippen LogP contribution in [-0.4, -0.2) is 34.1 Å². The highest BCUT2D eigenvalue weighted by Crippen LogP contribution is 2.20. The Labute approximate surface area is 96.0 Å². The Morgan fingerprint density at radius 1 is 1.50 bits per heavy atom. The van der Waals surface area contributed by atoms with Crippen LogP contribution in [0.5, 0.6) is 0 Å². The number of aromatic nitrogens is 2. The summed E-state index contributed by atoms with van der Waals surface area (Å²) in [5.41, 5.74) is 2.44. The molecule has 1 aromatic heterocycles. The fraction of sp³-hybridized carbons (Fsp3) is 0.667. The largest absolute Gasteiger partial charge is 0.338 e. The third-order valence-electron chi connectivity index (χ3n) is 3.29. The first kappa shape index (κ1) is 11.2. The zero-order valence-electron chi connectivity index (χ0n) is 10.2. The lowest BCUT2D eigenvalue weighted by Crippen LogP contribution is -2.39. The standard InChI is InChI=1S/C12H19N3O/c1-8-5-4-6-15(7-8)12(16)11-9(2)13-14-10(11)3/h8H,4-7H2,1-3H3,(H,13,14). The maximum atomic E-state index is 12.3. The Bertz CT molecular complexity index is 377. The molecule has 1 aliphatic rings. The first-order valence-electron chi connectivity index (χ1n) is 5.90. The number of hydrogen-bond acceptors (Lipinski definition) is 2. The minimum Gasteiger partial charge on any atom is -0.338 e. The number of aryl methyl sites for hydroxylation is 2. The quantitative estimate of drug-likeness (QED) is 0.787. The van der Waals surface area contributed by atoms with Crippen LogP contribution in [0.4, 0.5) is 0 Å². The molecule has 1 fully saturated rings. The Morgan fingerprint density at radius 2 is 2.25 bits per heavy atom. The van der Waals surface area contributed by atoms with Crippen LogP contribution in [0.25, 0.3) is 0 Å². The molecule has 1 atom stereocenters. The Morgan fingerprint density at radius 3 is 2.81 bits per heavy atom. The minimum atomic E-state index is 0.135. The zero-order chi connectivity index (χ0) is 11.7. The second-order valence-electron chi connectivity index (χ2n) is 4.81. The van der Waals surface area contributed by atoms with Gasteiger partial charge in [-0.05, 0) is 32.6 Å². The normalized spacial score (nSPS) is 21.2. The molecule has 1 N–H and O–H groups in total. The number of nitrogens with zero attached hydrogens (tertiary/aromatic N) is 2. The van der Waals surface area contributed by atoms with Crippen LogP contribution in [0.2, 0.25) is 0 Å². The van der Waals surface area contributed by atoms with E-state index in [9.17, 15) is 4.79 Å². The third kappa shape index (κ3) is 1.96. The maximum absolute atomic E-state index is 12.3. The van der Waals surface area contributed by atoms with Gasteiger partial charge in [0.1, 0.15) is 0 Å². The van der Waals surface area contributed by atoms with Gasteiger partial charge >= 0.3 is 0 Å². The molecule has 0 saturated carbocycles. The molecular formula is C12H19N3O. The van der Waals surface area contributed by atoms with Crippen molar-refractivity contribution in [3.05, 3.63) is 17.0 Å². The van der Waals surface area contributed by atoms with Gasteiger partial charge in [0, 0.05) is 18.8 Å². The summed E-state index contributed by atoms with van der Waals surface area (Å²) < 4.78 is 0. The van der Waals surface area contributed by atoms with Gasteiger partial charge in [-0.1, -0.05) is 6.92 Å². The Balaban J connectivity index is 2.18. The minimum absolute atomic E-state index is 0.135. The van der Waals surface area contributed by atoms with Crippen LogP contribution in [0.15, 0.2) is 0 Å². The van der Waals surface area contributed by atoms with Crippen LogP contribution >= 0.6 is 0 Å². The average molecular weight is 221 g/mol. The number of rotatable bonds is 1. The number of carbonyl (C=O) groups excluding carboxylic acids is 1. The van der Waals surface area contributed by atoms with E-state index in [0.717, 1.165) is 36.5 Å². The highest BCUT2D eigenvalue weighted by atomic mass is 16.2. The van der Waals surface area contributed by atoms with Crippen molar-refractivity contribution in [2.75, 3.05) is 13.1 Å². The van der Waals surface area contributed by atoms with E-state index in [1.807, 2.05) is 18.7 Å². The first-order valence-corrected chi connectivity index (χ1v) is 5.90. The molecule has 1 saturated heterocycles. The topological polar surface area (TPSA) is 49.0 Å². The van der Waals surface area contributed by atoms with Crippen molar-refractivity contribution in [3.8, 4) is 0 Å². The molecule has 16 heavy (non-hydrogen) atoms. The number of amides is 1. The summed E-state index contributed by atoms with van der Waals surface area (Å²) >= 11 is 0. The molecule has 0 aliphatic carbocycles. The monoisotopic (exact) mass is 221 g/mol. The van der Waals surface area contributed by atoms with E-state index in [1.54, 1.807) is 0 Å². The van der Waals surface area contributed by atoms with E-state index in [-0.39, 0.29) is 5.91 Å². The van der Waals surface area contributed by atoms with Crippen molar-refractivity contribution in [1.82, 2.24) is 15.1 Å². The van der Waals surface area contributed by atoms with Crippen molar-refractivity contribution in [2.45, 2.75) is 33.6 Å². The smallest absolute Gasteiger partial charge is 0.257 e. The highest BCUT2D eigenvalue weighted by molar-refractivity contribution is 5.96. The molecule has 1 amide bonds. The van der Waals surface area contributed by atoms with Crippen LogP contribution in [-0.2, 0) is 0 Å². The van der Waals surface area contributed by atoms with E-state index in [2.05, 4.69) is 17.1 Å². The summed E-state index contributed by atoms with van der Waals surface area (Å²) in [6, 6.07) is 0. The Hall–Kier alpha value is -1.32. The molecular weight excluding hydrogens is 202 g/mol. The van der Waals surface area contributed by atoms with Gasteiger partial charge in [0.25, 0.3) is 5.91 Å². The van der Waals surface area contributed by atoms with Gasteiger partial charge in [0.05, 0.1) is 11.3 Å². The average Bonchev–Trinajstić information content (AvgIpc) is 2.58. The van der Waals surface area contributed by atoms with E-state index >= 15 is 0 Å². The second kappa shape index (κ2) is 4.28. The lowest BCUT2D eigenvalue weighted by molar-refractivity contribution is 0.0681. The summed E-state index contributed by atoms with van der Waals surface area (Å²) in [6.45, 7) is 7.75. The molecule has 0 radical (unpaired) electrons. The number of H-pyrrole nitrogens is 1. The Kier molecular flexibility index (Phi) is 2.99. The predicted molar refractivity (Wildman–Crippen MR) is 62.4 cm³/mol. The fourth-order valence-electron chi connectivity index (χ4n) is 2.40. The van der Waals surface area contributed by atoms with Crippen LogP contribution in [0.1, 0.15) is 41.5 Å². The zero-order valence-corrected chi connectivity index (χ0v) is 10.2. The van der Waals surface area contributed by atoms with Gasteiger partial charge in [-0.2, -0.15) is 5.10 Å². The van der Waals surface area contributed by atoms with Gasteiger partial charge in [0.2, 0.25) is 0 Å². The van der Waals surface area contributed by atoms with Crippen molar-refractivity contribution >= 4 is 5.91 Å². The summed E-state index contributed by atoms with van der Waals surface area (Å²) in [4.78, 5) is 14.3. The second-order valence-corrected chi connectivity index (χ2v) is 4.81. The molecule has 0 spiro atoms. The van der Waals surface area contributed by atoms with Crippen molar-refractivity contribution in [2.24, 2.45) is 5.92 Å². The molecule has 0 bridgehead atoms. The molecule has 88 valence electrons. The van der Waals surface area contributed by atoms with Crippen LogP contribution in [0, 0.1) is 19.8 Å². The molecule has 1 aliphatic heterocycles. The molecule has 4 nitrogen and oxygen atoms in total. The van der Waals surface area contributed by atoms with Crippen molar-refractivity contribution in [3.63, 3.8) is 0 Å². The SMILES string of the molecule is Cc1n[nH]c(C)c1C(=O)N1CCCC(C)C1. The summed E-state index contributed by atoms with van der Waals surface area (Å²) in [5.74, 6) is 0.750. The lowest BCUT2D eigenvalue weighted by Gasteiger charge is -2.31. The number of aromatic amines is 1. The van der Waals surface area contributed by atoms with E-state index < -0.39 is 0 Å². The van der Waals surface area contributed by atoms with E-state index in [1.165, 1.54) is 6.42 Å².